The van der Waals surface area contributed by atoms with E-state index in [9.17, 15) is 4.79 Å². The molecule has 3 aromatic heterocycles. The zero-order chi connectivity index (χ0) is 23.2. The van der Waals surface area contributed by atoms with Crippen molar-refractivity contribution >= 4 is 28.1 Å². The van der Waals surface area contributed by atoms with Gasteiger partial charge in [0.25, 0.3) is 5.91 Å². The molecule has 33 heavy (non-hydrogen) atoms. The number of anilines is 2. The highest BCUT2D eigenvalue weighted by Crippen LogP contribution is 2.38. The van der Waals surface area contributed by atoms with Crippen LogP contribution in [0.5, 0.6) is 5.75 Å². The summed E-state index contributed by atoms with van der Waals surface area (Å²) in [6.45, 7) is 6.65. The second kappa shape index (κ2) is 10.4. The summed E-state index contributed by atoms with van der Waals surface area (Å²) in [5.41, 5.74) is 2.94. The van der Waals surface area contributed by atoms with Crippen molar-refractivity contribution in [1.29, 1.82) is 0 Å². The highest BCUT2D eigenvalue weighted by atomic mass is 32.1. The maximum Gasteiger partial charge on any atom is 0.291 e. The van der Waals surface area contributed by atoms with E-state index in [1.54, 1.807) is 23.5 Å². The number of benzene rings is 1. The molecule has 0 bridgehead atoms. The van der Waals surface area contributed by atoms with Crippen LogP contribution in [0.25, 0.3) is 0 Å². The van der Waals surface area contributed by atoms with Crippen molar-refractivity contribution in [3.05, 3.63) is 94.4 Å². The molecule has 0 aliphatic rings. The molecule has 0 aliphatic carbocycles. The SMILES string of the molecule is CCOc1ccc([C@H](Nc2cccc(C)n2)c2cc(CC)sc2NC(=O)c2ccco2)cc1. The van der Waals surface area contributed by atoms with Gasteiger partial charge in [0, 0.05) is 16.1 Å². The fourth-order valence-corrected chi connectivity index (χ4v) is 4.58. The van der Waals surface area contributed by atoms with Gasteiger partial charge in [0.2, 0.25) is 0 Å². The number of nitrogens with one attached hydrogen (secondary N) is 2. The number of thiophene rings is 1. The highest BCUT2D eigenvalue weighted by Gasteiger charge is 2.23. The molecule has 0 aliphatic heterocycles. The first-order valence-corrected chi connectivity index (χ1v) is 11.8. The second-order valence-corrected chi connectivity index (χ2v) is 8.66. The number of carbonyl (C=O) groups is 1. The molecule has 3 heterocycles. The number of hydrogen-bond donors (Lipinski definition) is 2. The van der Waals surface area contributed by atoms with Crippen molar-refractivity contribution in [3.8, 4) is 5.75 Å². The number of aryl methyl sites for hydroxylation is 2. The Balaban J connectivity index is 1.74. The Morgan fingerprint density at radius 2 is 1.94 bits per heavy atom. The van der Waals surface area contributed by atoms with E-state index in [0.29, 0.717) is 6.61 Å². The number of aromatic nitrogens is 1. The number of rotatable bonds is 9. The van der Waals surface area contributed by atoms with Crippen molar-refractivity contribution in [3.63, 3.8) is 0 Å². The van der Waals surface area contributed by atoms with Crippen LogP contribution in [-0.4, -0.2) is 17.5 Å². The monoisotopic (exact) mass is 461 g/mol. The van der Waals surface area contributed by atoms with E-state index in [4.69, 9.17) is 9.15 Å². The first-order chi connectivity index (χ1) is 16.1. The lowest BCUT2D eigenvalue weighted by Gasteiger charge is -2.21. The van der Waals surface area contributed by atoms with Gasteiger partial charge in [0.1, 0.15) is 16.6 Å². The maximum atomic E-state index is 12.8. The summed E-state index contributed by atoms with van der Waals surface area (Å²) >= 11 is 1.57. The fraction of sp³-hybridized carbons (Fsp3) is 0.231. The molecule has 7 heteroatoms. The van der Waals surface area contributed by atoms with Crippen LogP contribution in [-0.2, 0) is 6.42 Å². The summed E-state index contributed by atoms with van der Waals surface area (Å²) in [4.78, 5) is 18.6. The molecule has 0 radical (unpaired) electrons. The third-order valence-electron chi connectivity index (χ3n) is 5.15. The van der Waals surface area contributed by atoms with Gasteiger partial charge in [0.05, 0.1) is 18.9 Å². The van der Waals surface area contributed by atoms with Gasteiger partial charge in [-0.3, -0.25) is 4.79 Å². The van der Waals surface area contributed by atoms with Crippen molar-refractivity contribution in [2.24, 2.45) is 0 Å². The second-order valence-electron chi connectivity index (χ2n) is 7.53. The zero-order valence-electron chi connectivity index (χ0n) is 18.9. The third kappa shape index (κ3) is 5.43. The zero-order valence-corrected chi connectivity index (χ0v) is 19.7. The quantitative estimate of drug-likeness (QED) is 0.299. The van der Waals surface area contributed by atoms with Crippen molar-refractivity contribution in [1.82, 2.24) is 4.98 Å². The Morgan fingerprint density at radius 1 is 1.12 bits per heavy atom. The van der Waals surface area contributed by atoms with E-state index >= 15 is 0 Å². The largest absolute Gasteiger partial charge is 0.494 e. The Kier molecular flexibility index (Phi) is 7.10. The summed E-state index contributed by atoms with van der Waals surface area (Å²) in [7, 11) is 0. The average Bonchev–Trinajstić information content (AvgIpc) is 3.49. The van der Waals surface area contributed by atoms with Gasteiger partial charge >= 0.3 is 0 Å². The Morgan fingerprint density at radius 3 is 2.61 bits per heavy atom. The van der Waals surface area contributed by atoms with Gasteiger partial charge in [-0.05, 0) is 68.3 Å². The van der Waals surface area contributed by atoms with Crippen LogP contribution in [0.2, 0.25) is 0 Å². The molecule has 0 saturated carbocycles. The van der Waals surface area contributed by atoms with Crippen LogP contribution in [0.1, 0.15) is 52.1 Å². The number of carbonyl (C=O) groups excluding carboxylic acids is 1. The number of amides is 1. The molecular weight excluding hydrogens is 434 g/mol. The minimum absolute atomic E-state index is 0.224. The number of nitrogens with zero attached hydrogens (tertiary/aromatic N) is 1. The number of furan rings is 1. The molecule has 2 N–H and O–H groups in total. The molecule has 1 aromatic carbocycles. The van der Waals surface area contributed by atoms with E-state index in [0.717, 1.165) is 39.8 Å². The van der Waals surface area contributed by atoms with Crippen LogP contribution < -0.4 is 15.4 Å². The molecule has 0 saturated heterocycles. The Labute approximate surface area is 197 Å². The summed E-state index contributed by atoms with van der Waals surface area (Å²) in [6, 6.07) is 19.2. The van der Waals surface area contributed by atoms with Gasteiger partial charge in [-0.2, -0.15) is 0 Å². The number of hydrogen-bond acceptors (Lipinski definition) is 6. The molecule has 1 atom stereocenters. The van der Waals surface area contributed by atoms with E-state index in [-0.39, 0.29) is 17.7 Å². The molecule has 0 spiro atoms. The standard InChI is InChI=1S/C26H27N3O3S/c1-4-20-16-21(26(33-20)29-25(30)22-9-7-15-32-22)24(28-23-10-6-8-17(3)27-23)18-11-13-19(14-12-18)31-5-2/h6-16,24H,4-5H2,1-3H3,(H,27,28)(H,29,30)/t24-/m0/s1. The predicted octanol–water partition coefficient (Wildman–Crippen LogP) is 6.46. The first kappa shape index (κ1) is 22.6. The molecular formula is C26H27N3O3S. The van der Waals surface area contributed by atoms with E-state index in [1.165, 1.54) is 11.1 Å². The summed E-state index contributed by atoms with van der Waals surface area (Å²) < 4.78 is 10.9. The topological polar surface area (TPSA) is 76.4 Å². The van der Waals surface area contributed by atoms with Gasteiger partial charge in [-0.15, -0.1) is 11.3 Å². The fourth-order valence-electron chi connectivity index (χ4n) is 3.55. The van der Waals surface area contributed by atoms with Crippen molar-refractivity contribution in [2.75, 3.05) is 17.2 Å². The smallest absolute Gasteiger partial charge is 0.291 e. The summed E-state index contributed by atoms with van der Waals surface area (Å²) in [5, 5.41) is 7.40. The lowest BCUT2D eigenvalue weighted by Crippen LogP contribution is -2.17. The van der Waals surface area contributed by atoms with E-state index in [2.05, 4.69) is 28.6 Å². The Bertz CT molecular complexity index is 1200. The minimum Gasteiger partial charge on any atom is -0.494 e. The van der Waals surface area contributed by atoms with Crippen LogP contribution >= 0.6 is 11.3 Å². The lowest BCUT2D eigenvalue weighted by atomic mass is 9.99. The van der Waals surface area contributed by atoms with Crippen molar-refractivity contribution in [2.45, 2.75) is 33.2 Å². The van der Waals surface area contributed by atoms with Gasteiger partial charge < -0.3 is 19.8 Å². The van der Waals surface area contributed by atoms with Gasteiger partial charge in [-0.1, -0.05) is 25.1 Å². The van der Waals surface area contributed by atoms with Crippen LogP contribution in [0.4, 0.5) is 10.8 Å². The maximum absolute atomic E-state index is 12.8. The van der Waals surface area contributed by atoms with Crippen molar-refractivity contribution < 1.29 is 13.9 Å². The number of ether oxygens (including phenoxy) is 1. The van der Waals surface area contributed by atoms with Gasteiger partial charge in [0.15, 0.2) is 5.76 Å². The normalized spacial score (nSPS) is 11.7. The first-order valence-electron chi connectivity index (χ1n) is 11.0. The molecule has 0 unspecified atom stereocenters. The molecule has 4 aromatic rings. The molecule has 0 fully saturated rings. The van der Waals surface area contributed by atoms with Crippen LogP contribution in [0.15, 0.2) is 71.3 Å². The molecule has 4 rings (SSSR count). The third-order valence-corrected chi connectivity index (χ3v) is 6.36. The Hall–Kier alpha value is -3.58. The summed E-state index contributed by atoms with van der Waals surface area (Å²) in [5.74, 6) is 1.59. The molecule has 170 valence electrons. The molecule has 6 nitrogen and oxygen atoms in total. The predicted molar refractivity (Wildman–Crippen MR) is 132 cm³/mol. The van der Waals surface area contributed by atoms with Crippen LogP contribution in [0.3, 0.4) is 0 Å². The van der Waals surface area contributed by atoms with E-state index < -0.39 is 0 Å². The molecule has 1 amide bonds. The lowest BCUT2D eigenvalue weighted by molar-refractivity contribution is 0.0997. The number of pyridine rings is 1. The average molecular weight is 462 g/mol. The van der Waals surface area contributed by atoms with E-state index in [1.807, 2.05) is 56.3 Å². The minimum atomic E-state index is -0.273. The van der Waals surface area contributed by atoms with Crippen LogP contribution in [0, 0.1) is 6.92 Å². The van der Waals surface area contributed by atoms with Gasteiger partial charge in [-0.25, -0.2) is 4.98 Å². The highest BCUT2D eigenvalue weighted by molar-refractivity contribution is 7.16. The summed E-state index contributed by atoms with van der Waals surface area (Å²) in [6.07, 6.45) is 2.36.